The van der Waals surface area contributed by atoms with Crippen molar-refractivity contribution in [2.45, 2.75) is 12.8 Å². The highest BCUT2D eigenvalue weighted by Gasteiger charge is 2.40. The summed E-state index contributed by atoms with van der Waals surface area (Å²) >= 11 is 0. The first-order valence-corrected chi connectivity index (χ1v) is 5.56. The number of nitrogens with zero attached hydrogens (tertiary/aromatic N) is 3. The van der Waals surface area contributed by atoms with Crippen LogP contribution in [0.25, 0.3) is 5.65 Å². The van der Waals surface area contributed by atoms with Crippen LogP contribution in [0.3, 0.4) is 0 Å². The average molecular weight is 217 g/mol. The Morgan fingerprint density at radius 2 is 2.31 bits per heavy atom. The molecule has 0 aliphatic heterocycles. The molecule has 5 nitrogen and oxygen atoms in total. The molecule has 2 aromatic rings. The molecule has 3 rings (SSSR count). The highest BCUT2D eigenvalue weighted by atomic mass is 15.2. The Morgan fingerprint density at radius 3 is 3.06 bits per heavy atom. The summed E-state index contributed by atoms with van der Waals surface area (Å²) in [5.41, 5.74) is 6.92. The Morgan fingerprint density at radius 1 is 1.44 bits per heavy atom. The molecule has 0 atom stereocenters. The predicted octanol–water partition coefficient (Wildman–Crippen LogP) is 0.880. The molecule has 2 heterocycles. The van der Waals surface area contributed by atoms with Crippen molar-refractivity contribution in [3.8, 4) is 0 Å². The lowest BCUT2D eigenvalue weighted by Crippen LogP contribution is -2.24. The molecule has 0 saturated heterocycles. The zero-order valence-corrected chi connectivity index (χ0v) is 9.06. The van der Waals surface area contributed by atoms with Gasteiger partial charge < -0.3 is 11.1 Å². The first-order chi connectivity index (χ1) is 7.81. The van der Waals surface area contributed by atoms with E-state index in [0.29, 0.717) is 5.41 Å². The summed E-state index contributed by atoms with van der Waals surface area (Å²) < 4.78 is 1.75. The normalized spacial score (nSPS) is 17.6. The van der Waals surface area contributed by atoms with E-state index in [1.165, 1.54) is 12.8 Å². The summed E-state index contributed by atoms with van der Waals surface area (Å²) in [5.74, 6) is 0.896. The van der Waals surface area contributed by atoms with E-state index < -0.39 is 0 Å². The van der Waals surface area contributed by atoms with Crippen LogP contribution in [0, 0.1) is 5.41 Å². The Labute approximate surface area is 93.7 Å². The molecule has 0 unspecified atom stereocenters. The lowest BCUT2D eigenvalue weighted by atomic mass is 10.1. The average Bonchev–Trinajstić information content (AvgIpc) is 2.96. The molecule has 5 heteroatoms. The minimum Gasteiger partial charge on any atom is -0.369 e. The van der Waals surface area contributed by atoms with E-state index in [2.05, 4.69) is 15.4 Å². The monoisotopic (exact) mass is 217 g/mol. The van der Waals surface area contributed by atoms with Gasteiger partial charge in [-0.1, -0.05) is 0 Å². The fourth-order valence-corrected chi connectivity index (χ4v) is 1.82. The van der Waals surface area contributed by atoms with E-state index in [4.69, 9.17) is 5.73 Å². The number of hydrogen-bond acceptors (Lipinski definition) is 4. The van der Waals surface area contributed by atoms with E-state index in [0.717, 1.165) is 24.6 Å². The maximum Gasteiger partial charge on any atom is 0.157 e. The molecule has 0 amide bonds. The number of anilines is 1. The third-order valence-electron chi connectivity index (χ3n) is 3.29. The summed E-state index contributed by atoms with van der Waals surface area (Å²) in [5, 5.41) is 7.45. The van der Waals surface area contributed by atoms with E-state index in [1.54, 1.807) is 10.7 Å². The fraction of sp³-hybridized carbons (Fsp3) is 0.455. The van der Waals surface area contributed by atoms with Gasteiger partial charge in [-0.25, -0.2) is 9.50 Å². The van der Waals surface area contributed by atoms with Gasteiger partial charge in [-0.15, -0.1) is 0 Å². The van der Waals surface area contributed by atoms with Crippen LogP contribution in [0.15, 0.2) is 24.5 Å². The van der Waals surface area contributed by atoms with Crippen molar-refractivity contribution in [3.05, 3.63) is 24.5 Å². The predicted molar refractivity (Wildman–Crippen MR) is 62.2 cm³/mol. The molecule has 0 radical (unpaired) electrons. The molecular formula is C11H15N5. The van der Waals surface area contributed by atoms with Crippen LogP contribution in [0.4, 0.5) is 5.82 Å². The molecule has 1 saturated carbocycles. The lowest BCUT2D eigenvalue weighted by molar-refractivity contribution is 0.555. The molecule has 16 heavy (non-hydrogen) atoms. The van der Waals surface area contributed by atoms with Gasteiger partial charge in [0.05, 0.1) is 6.20 Å². The molecule has 84 valence electrons. The molecule has 0 bridgehead atoms. The van der Waals surface area contributed by atoms with Gasteiger partial charge in [-0.3, -0.25) is 0 Å². The van der Waals surface area contributed by atoms with Crippen molar-refractivity contribution in [2.24, 2.45) is 11.1 Å². The number of fused-ring (bicyclic) bond motifs is 1. The summed E-state index contributed by atoms with van der Waals surface area (Å²) in [7, 11) is 0. The second kappa shape index (κ2) is 3.45. The first kappa shape index (κ1) is 9.59. The molecular weight excluding hydrogens is 202 g/mol. The first-order valence-electron chi connectivity index (χ1n) is 5.56. The summed E-state index contributed by atoms with van der Waals surface area (Å²) in [6.07, 6.45) is 6.11. The third kappa shape index (κ3) is 1.63. The standard InChI is InChI=1S/C11H15N5/c12-7-11(3-4-11)8-13-9-2-6-16-10(15-9)1-5-14-16/h1-2,5-6H,3-4,7-8,12H2,(H,13,15). The second-order valence-corrected chi connectivity index (χ2v) is 4.50. The molecule has 1 aliphatic carbocycles. The van der Waals surface area contributed by atoms with Crippen molar-refractivity contribution >= 4 is 11.5 Å². The third-order valence-corrected chi connectivity index (χ3v) is 3.29. The Bertz CT molecular complexity index is 500. The maximum absolute atomic E-state index is 5.73. The smallest absolute Gasteiger partial charge is 0.157 e. The van der Waals surface area contributed by atoms with Gasteiger partial charge in [0.25, 0.3) is 0 Å². The van der Waals surface area contributed by atoms with Crippen LogP contribution in [0.5, 0.6) is 0 Å². The van der Waals surface area contributed by atoms with Gasteiger partial charge in [0.1, 0.15) is 5.82 Å². The fourth-order valence-electron chi connectivity index (χ4n) is 1.82. The van der Waals surface area contributed by atoms with Crippen LogP contribution < -0.4 is 11.1 Å². The van der Waals surface area contributed by atoms with Gasteiger partial charge >= 0.3 is 0 Å². The summed E-state index contributed by atoms with van der Waals surface area (Å²) in [6, 6.07) is 3.83. The second-order valence-electron chi connectivity index (χ2n) is 4.50. The quantitative estimate of drug-likeness (QED) is 0.797. The van der Waals surface area contributed by atoms with Gasteiger partial charge in [-0.2, -0.15) is 5.10 Å². The van der Waals surface area contributed by atoms with E-state index in [9.17, 15) is 0 Å². The van der Waals surface area contributed by atoms with Crippen LogP contribution in [-0.2, 0) is 0 Å². The Balaban J connectivity index is 1.74. The molecule has 1 fully saturated rings. The number of aromatic nitrogens is 3. The number of nitrogens with two attached hydrogens (primary N) is 1. The minimum absolute atomic E-state index is 0.327. The van der Waals surface area contributed by atoms with Crippen molar-refractivity contribution < 1.29 is 0 Å². The lowest BCUT2D eigenvalue weighted by Gasteiger charge is -2.13. The van der Waals surface area contributed by atoms with E-state index >= 15 is 0 Å². The number of hydrogen-bond donors (Lipinski definition) is 2. The molecule has 0 aromatic carbocycles. The highest BCUT2D eigenvalue weighted by Crippen LogP contribution is 2.44. The van der Waals surface area contributed by atoms with Crippen LogP contribution in [0.2, 0.25) is 0 Å². The Hall–Kier alpha value is -1.62. The zero-order chi connectivity index (χ0) is 11.0. The van der Waals surface area contributed by atoms with Crippen molar-refractivity contribution in [1.82, 2.24) is 14.6 Å². The highest BCUT2D eigenvalue weighted by molar-refractivity contribution is 5.45. The van der Waals surface area contributed by atoms with E-state index in [1.807, 2.05) is 18.3 Å². The molecule has 3 N–H and O–H groups in total. The van der Waals surface area contributed by atoms with Crippen LogP contribution in [-0.4, -0.2) is 27.7 Å². The minimum atomic E-state index is 0.327. The Kier molecular flexibility index (Phi) is 2.07. The van der Waals surface area contributed by atoms with Crippen LogP contribution in [0.1, 0.15) is 12.8 Å². The topological polar surface area (TPSA) is 68.2 Å². The van der Waals surface area contributed by atoms with Crippen molar-refractivity contribution in [2.75, 3.05) is 18.4 Å². The summed E-state index contributed by atoms with van der Waals surface area (Å²) in [4.78, 5) is 4.45. The van der Waals surface area contributed by atoms with Crippen LogP contribution >= 0.6 is 0 Å². The molecule has 0 spiro atoms. The number of nitrogens with one attached hydrogen (secondary N) is 1. The molecule has 2 aromatic heterocycles. The SMILES string of the molecule is NCC1(CNc2ccn3nccc3n2)CC1. The number of rotatable bonds is 4. The maximum atomic E-state index is 5.73. The molecule has 1 aliphatic rings. The van der Waals surface area contributed by atoms with Crippen molar-refractivity contribution in [3.63, 3.8) is 0 Å². The van der Waals surface area contributed by atoms with Gasteiger partial charge in [-0.05, 0) is 30.9 Å². The largest absolute Gasteiger partial charge is 0.369 e. The van der Waals surface area contributed by atoms with Gasteiger partial charge in [0, 0.05) is 18.8 Å². The zero-order valence-electron chi connectivity index (χ0n) is 9.06. The van der Waals surface area contributed by atoms with Crippen molar-refractivity contribution in [1.29, 1.82) is 0 Å². The van der Waals surface area contributed by atoms with Gasteiger partial charge in [0.15, 0.2) is 5.65 Å². The summed E-state index contributed by atoms with van der Waals surface area (Å²) in [6.45, 7) is 1.68. The van der Waals surface area contributed by atoms with E-state index in [-0.39, 0.29) is 0 Å². The van der Waals surface area contributed by atoms with Gasteiger partial charge in [0.2, 0.25) is 0 Å².